The Kier molecular flexibility index (Phi) is 3.99. The Bertz CT molecular complexity index is 333. The zero-order valence-electron chi connectivity index (χ0n) is 9.23. The maximum atomic E-state index is 13.2. The molecule has 0 radical (unpaired) electrons. The number of carbonyl (C=O) groups is 1. The van der Waals surface area contributed by atoms with Gasteiger partial charge in [-0.05, 0) is 0 Å². The van der Waals surface area contributed by atoms with Gasteiger partial charge in [0.2, 0.25) is 0 Å². The minimum absolute atomic E-state index is 0.179. The fourth-order valence-corrected chi connectivity index (χ4v) is 1.58. The third-order valence-corrected chi connectivity index (χ3v) is 2.73. The van der Waals surface area contributed by atoms with Gasteiger partial charge in [-0.25, -0.2) is 4.79 Å². The molecule has 18 heavy (non-hydrogen) atoms. The maximum absolute atomic E-state index is 13.2. The summed E-state index contributed by atoms with van der Waals surface area (Å²) in [7, 11) is 0. The minimum atomic E-state index is -5.70. The van der Waals surface area contributed by atoms with Crippen LogP contribution in [-0.4, -0.2) is 36.9 Å². The number of ether oxygens (including phenoxy) is 2. The molecule has 1 aliphatic rings. The van der Waals surface area contributed by atoms with E-state index in [9.17, 15) is 26.7 Å². The summed E-state index contributed by atoms with van der Waals surface area (Å²) in [5, 5.41) is 0. The predicted molar refractivity (Wildman–Crippen MR) is 50.1 cm³/mol. The molecule has 3 nitrogen and oxygen atoms in total. The Morgan fingerprint density at radius 2 is 1.94 bits per heavy atom. The highest BCUT2D eigenvalue weighted by atomic mass is 19.4. The highest BCUT2D eigenvalue weighted by Crippen LogP contribution is 2.52. The molecule has 0 aromatic heterocycles. The summed E-state index contributed by atoms with van der Waals surface area (Å²) in [6.07, 6.45) is -6.07. The van der Waals surface area contributed by atoms with Crippen molar-refractivity contribution in [3.05, 3.63) is 12.7 Å². The van der Waals surface area contributed by atoms with E-state index in [4.69, 9.17) is 0 Å². The van der Waals surface area contributed by atoms with E-state index in [1.165, 1.54) is 0 Å². The molecular weight excluding hydrogens is 263 g/mol. The topological polar surface area (TPSA) is 35.5 Å². The minimum Gasteiger partial charge on any atom is -0.462 e. The monoisotopic (exact) mass is 274 g/mol. The van der Waals surface area contributed by atoms with Gasteiger partial charge in [0.15, 0.2) is 0 Å². The molecule has 0 aromatic carbocycles. The fourth-order valence-electron chi connectivity index (χ4n) is 1.58. The zero-order chi connectivity index (χ0) is 14.0. The maximum Gasteiger partial charge on any atom is 0.456 e. The van der Waals surface area contributed by atoms with Gasteiger partial charge in [-0.2, -0.15) is 22.0 Å². The molecule has 1 rings (SSSR count). The molecule has 1 aliphatic heterocycles. The first-order valence-corrected chi connectivity index (χ1v) is 5.04. The number of hydrogen-bond donors (Lipinski definition) is 0. The first kappa shape index (κ1) is 14.9. The fraction of sp³-hybridized carbons (Fsp3) is 0.700. The van der Waals surface area contributed by atoms with Crippen LogP contribution >= 0.6 is 0 Å². The summed E-state index contributed by atoms with van der Waals surface area (Å²) in [5.41, 5.74) is -2.63. The van der Waals surface area contributed by atoms with Crippen molar-refractivity contribution in [2.75, 3.05) is 13.2 Å². The predicted octanol–water partition coefficient (Wildman–Crippen LogP) is 2.46. The molecule has 0 aliphatic carbocycles. The summed E-state index contributed by atoms with van der Waals surface area (Å²) in [4.78, 5) is 10.7. The Balaban J connectivity index is 2.69. The molecule has 0 amide bonds. The van der Waals surface area contributed by atoms with Crippen LogP contribution in [0.3, 0.4) is 0 Å². The van der Waals surface area contributed by atoms with Crippen LogP contribution in [-0.2, 0) is 14.3 Å². The molecule has 1 atom stereocenters. The number of rotatable bonds is 5. The van der Waals surface area contributed by atoms with Gasteiger partial charge in [-0.1, -0.05) is 6.58 Å². The van der Waals surface area contributed by atoms with Crippen molar-refractivity contribution in [2.24, 2.45) is 0 Å². The number of alkyl halides is 5. The van der Waals surface area contributed by atoms with Gasteiger partial charge in [-0.15, -0.1) is 0 Å². The van der Waals surface area contributed by atoms with E-state index in [2.05, 4.69) is 16.1 Å². The largest absolute Gasteiger partial charge is 0.462 e. The molecular formula is C10H11F5O3. The Hall–Kier alpha value is -1.18. The third kappa shape index (κ3) is 2.47. The smallest absolute Gasteiger partial charge is 0.456 e. The van der Waals surface area contributed by atoms with Crippen LogP contribution in [0.1, 0.15) is 12.8 Å². The second-order valence-corrected chi connectivity index (χ2v) is 3.79. The van der Waals surface area contributed by atoms with Gasteiger partial charge in [-0.3, -0.25) is 0 Å². The molecule has 0 N–H and O–H groups in total. The SMILES string of the molecule is C=CC(=O)OCCC1(C(F)(F)C(F)(F)F)CCO1. The number of halogens is 5. The van der Waals surface area contributed by atoms with Crippen molar-refractivity contribution in [3.8, 4) is 0 Å². The van der Waals surface area contributed by atoms with Crippen LogP contribution < -0.4 is 0 Å². The molecule has 0 saturated carbocycles. The Labute approximate surface area is 99.5 Å². The van der Waals surface area contributed by atoms with Gasteiger partial charge in [0, 0.05) is 18.9 Å². The van der Waals surface area contributed by atoms with E-state index in [1.54, 1.807) is 0 Å². The second kappa shape index (κ2) is 4.83. The molecule has 1 heterocycles. The number of hydrogen-bond acceptors (Lipinski definition) is 3. The first-order chi connectivity index (χ1) is 8.16. The molecule has 104 valence electrons. The second-order valence-electron chi connectivity index (χ2n) is 3.79. The molecule has 0 bridgehead atoms. The molecule has 1 saturated heterocycles. The molecule has 0 aromatic rings. The zero-order valence-corrected chi connectivity index (χ0v) is 9.23. The average Bonchev–Trinajstić information content (AvgIpc) is 2.19. The van der Waals surface area contributed by atoms with Crippen LogP contribution in [0.4, 0.5) is 22.0 Å². The molecule has 8 heteroatoms. The summed E-state index contributed by atoms with van der Waals surface area (Å²) >= 11 is 0. The van der Waals surface area contributed by atoms with Crippen LogP contribution in [0, 0.1) is 0 Å². The summed E-state index contributed by atoms with van der Waals surface area (Å²) < 4.78 is 72.0. The van der Waals surface area contributed by atoms with Gasteiger partial charge in [0.05, 0.1) is 13.2 Å². The number of carbonyl (C=O) groups excluding carboxylic acids is 1. The van der Waals surface area contributed by atoms with E-state index in [1.807, 2.05) is 0 Å². The van der Waals surface area contributed by atoms with E-state index in [0.717, 1.165) is 6.08 Å². The van der Waals surface area contributed by atoms with Crippen molar-refractivity contribution in [2.45, 2.75) is 30.5 Å². The van der Waals surface area contributed by atoms with Gasteiger partial charge in [0.25, 0.3) is 0 Å². The standard InChI is InChI=1S/C10H11F5O3/c1-2-7(16)17-5-3-8(4-6-18-8)9(11,12)10(13,14)15/h2H,1,3-6H2. The van der Waals surface area contributed by atoms with Crippen LogP contribution in [0.2, 0.25) is 0 Å². The van der Waals surface area contributed by atoms with Crippen molar-refractivity contribution in [1.29, 1.82) is 0 Å². The summed E-state index contributed by atoms with van der Waals surface area (Å²) in [6, 6.07) is 0. The lowest BCUT2D eigenvalue weighted by molar-refractivity contribution is -0.379. The lowest BCUT2D eigenvalue weighted by atomic mass is 9.84. The van der Waals surface area contributed by atoms with E-state index < -0.39 is 43.1 Å². The Morgan fingerprint density at radius 1 is 1.39 bits per heavy atom. The van der Waals surface area contributed by atoms with Crippen LogP contribution in [0.5, 0.6) is 0 Å². The third-order valence-electron chi connectivity index (χ3n) is 2.73. The Morgan fingerprint density at radius 3 is 2.28 bits per heavy atom. The quantitative estimate of drug-likeness (QED) is 0.439. The van der Waals surface area contributed by atoms with Crippen molar-refractivity contribution < 1.29 is 36.2 Å². The van der Waals surface area contributed by atoms with Crippen LogP contribution in [0.25, 0.3) is 0 Å². The summed E-state index contributed by atoms with van der Waals surface area (Å²) in [5.74, 6) is -5.86. The van der Waals surface area contributed by atoms with E-state index in [0.29, 0.717) is 0 Å². The highest BCUT2D eigenvalue weighted by Gasteiger charge is 2.72. The normalized spacial score (nSPS) is 24.3. The van der Waals surface area contributed by atoms with Gasteiger partial charge in [0.1, 0.15) is 5.60 Å². The first-order valence-electron chi connectivity index (χ1n) is 5.04. The van der Waals surface area contributed by atoms with E-state index in [-0.39, 0.29) is 6.61 Å². The van der Waals surface area contributed by atoms with Crippen molar-refractivity contribution in [3.63, 3.8) is 0 Å². The lowest BCUT2D eigenvalue weighted by Gasteiger charge is -2.46. The van der Waals surface area contributed by atoms with E-state index >= 15 is 0 Å². The molecule has 1 unspecified atom stereocenters. The highest BCUT2D eigenvalue weighted by molar-refractivity contribution is 5.81. The van der Waals surface area contributed by atoms with Crippen molar-refractivity contribution in [1.82, 2.24) is 0 Å². The molecule has 0 spiro atoms. The lowest BCUT2D eigenvalue weighted by Crippen LogP contribution is -2.64. The van der Waals surface area contributed by atoms with Gasteiger partial charge >= 0.3 is 18.1 Å². The van der Waals surface area contributed by atoms with Crippen LogP contribution in [0.15, 0.2) is 12.7 Å². The molecule has 1 fully saturated rings. The van der Waals surface area contributed by atoms with Crippen molar-refractivity contribution >= 4 is 5.97 Å². The van der Waals surface area contributed by atoms with Gasteiger partial charge < -0.3 is 9.47 Å². The number of esters is 1. The average molecular weight is 274 g/mol. The summed E-state index contributed by atoms with van der Waals surface area (Å²) in [6.45, 7) is 2.30.